The second-order valence-corrected chi connectivity index (χ2v) is 10.4. The number of fused-ring (bicyclic) bond motifs is 1. The fourth-order valence-corrected chi connectivity index (χ4v) is 5.33. The monoisotopic (exact) mass is 560 g/mol. The summed E-state index contributed by atoms with van der Waals surface area (Å²) in [4.78, 5) is 29.8. The van der Waals surface area contributed by atoms with Crippen molar-refractivity contribution in [3.63, 3.8) is 0 Å². The predicted molar refractivity (Wildman–Crippen MR) is 159 cm³/mol. The van der Waals surface area contributed by atoms with E-state index in [1.807, 2.05) is 0 Å². The Kier molecular flexibility index (Phi) is 12.2. The van der Waals surface area contributed by atoms with E-state index >= 15 is 0 Å². The number of nitrogens with zero attached hydrogens (tertiary/aromatic N) is 8. The van der Waals surface area contributed by atoms with Crippen molar-refractivity contribution in [3.05, 3.63) is 0 Å². The summed E-state index contributed by atoms with van der Waals surface area (Å²) in [6, 6.07) is 0. The van der Waals surface area contributed by atoms with Gasteiger partial charge in [-0.3, -0.25) is 0 Å². The molecule has 4 rings (SSSR count). The van der Waals surface area contributed by atoms with Crippen LogP contribution in [-0.4, -0.2) is 127 Å². The lowest BCUT2D eigenvalue weighted by atomic mass is 10.1. The van der Waals surface area contributed by atoms with E-state index in [0.29, 0.717) is 64.5 Å². The van der Waals surface area contributed by atoms with E-state index < -0.39 is 0 Å². The molecule has 0 aromatic carbocycles. The van der Waals surface area contributed by atoms with Crippen molar-refractivity contribution in [2.75, 3.05) is 127 Å². The summed E-state index contributed by atoms with van der Waals surface area (Å²) in [7, 11) is 6.88. The van der Waals surface area contributed by atoms with E-state index in [-0.39, 0.29) is 0 Å². The van der Waals surface area contributed by atoms with Gasteiger partial charge in [-0.2, -0.15) is 9.97 Å². The van der Waals surface area contributed by atoms with Crippen molar-refractivity contribution in [1.82, 2.24) is 19.9 Å². The molecule has 4 heterocycles. The Morgan fingerprint density at radius 1 is 0.500 bits per heavy atom. The van der Waals surface area contributed by atoms with Crippen LogP contribution >= 0.6 is 0 Å². The molecule has 40 heavy (non-hydrogen) atoms. The van der Waals surface area contributed by atoms with Gasteiger partial charge < -0.3 is 38.5 Å². The van der Waals surface area contributed by atoms with Gasteiger partial charge in [0.15, 0.2) is 11.6 Å². The van der Waals surface area contributed by atoms with Crippen LogP contribution in [0.2, 0.25) is 0 Å². The largest absolute Gasteiger partial charge is 0.383 e. The molecule has 0 saturated carbocycles. The summed E-state index contributed by atoms with van der Waals surface area (Å²) in [5, 5.41) is 0. The molecule has 0 bridgehead atoms. The van der Waals surface area contributed by atoms with Gasteiger partial charge in [-0.05, 0) is 38.5 Å². The molecule has 12 nitrogen and oxygen atoms in total. The highest BCUT2D eigenvalue weighted by atomic mass is 16.5. The molecule has 2 aromatic heterocycles. The number of methoxy groups -OCH3 is 4. The van der Waals surface area contributed by atoms with Crippen LogP contribution in [0.5, 0.6) is 0 Å². The fourth-order valence-electron chi connectivity index (χ4n) is 5.33. The summed E-state index contributed by atoms with van der Waals surface area (Å²) in [5.41, 5.74) is 1.63. The van der Waals surface area contributed by atoms with Crippen LogP contribution in [0.4, 0.5) is 23.5 Å². The van der Waals surface area contributed by atoms with Gasteiger partial charge in [0.25, 0.3) is 0 Å². The minimum absolute atomic E-state index is 0.576. The quantitative estimate of drug-likeness (QED) is 0.302. The van der Waals surface area contributed by atoms with Gasteiger partial charge in [-0.25, -0.2) is 9.97 Å². The summed E-state index contributed by atoms with van der Waals surface area (Å²) in [6.07, 6.45) is 7.04. The molecule has 2 aliphatic rings. The molecule has 0 N–H and O–H groups in total. The van der Waals surface area contributed by atoms with Crippen LogP contribution in [-0.2, 0) is 18.9 Å². The topological polar surface area (TPSA) is 101 Å². The summed E-state index contributed by atoms with van der Waals surface area (Å²) in [6.45, 7) is 8.81. The predicted octanol–water partition coefficient (Wildman–Crippen LogP) is 2.60. The van der Waals surface area contributed by atoms with Crippen molar-refractivity contribution in [2.45, 2.75) is 38.5 Å². The van der Waals surface area contributed by atoms with Gasteiger partial charge in [0.1, 0.15) is 11.0 Å². The number of hydrogen-bond acceptors (Lipinski definition) is 12. The summed E-state index contributed by atoms with van der Waals surface area (Å²) < 4.78 is 21.7. The Morgan fingerprint density at radius 2 is 0.825 bits per heavy atom. The lowest BCUT2D eigenvalue weighted by Crippen LogP contribution is -2.36. The van der Waals surface area contributed by atoms with Crippen molar-refractivity contribution in [3.8, 4) is 0 Å². The maximum Gasteiger partial charge on any atom is 0.228 e. The fraction of sp³-hybridized carbons (Fsp3) is 0.786. The van der Waals surface area contributed by atoms with Crippen molar-refractivity contribution in [1.29, 1.82) is 0 Å². The molecule has 12 heteroatoms. The number of anilines is 4. The highest BCUT2D eigenvalue weighted by molar-refractivity contribution is 5.95. The molecule has 2 aliphatic heterocycles. The van der Waals surface area contributed by atoms with E-state index in [4.69, 9.17) is 38.9 Å². The third-order valence-corrected chi connectivity index (χ3v) is 7.62. The SMILES string of the molecule is COCCN(CCOC)c1nc(N2CCCCC2)c2nc(N(CCOC)CCOC)nc(N3CCCCC3)c2n1. The van der Waals surface area contributed by atoms with Crippen molar-refractivity contribution >= 4 is 34.6 Å². The Morgan fingerprint density at radius 3 is 1.12 bits per heavy atom. The summed E-state index contributed by atoms with van der Waals surface area (Å²) in [5.74, 6) is 3.12. The van der Waals surface area contributed by atoms with E-state index in [1.54, 1.807) is 28.4 Å². The highest BCUT2D eigenvalue weighted by Gasteiger charge is 2.27. The lowest BCUT2D eigenvalue weighted by Gasteiger charge is -2.33. The first-order valence-electron chi connectivity index (χ1n) is 14.8. The first-order valence-corrected chi connectivity index (χ1v) is 14.8. The van der Waals surface area contributed by atoms with Crippen LogP contribution < -0.4 is 19.6 Å². The van der Waals surface area contributed by atoms with Gasteiger partial charge in [0, 0.05) is 80.8 Å². The molecule has 0 unspecified atom stereocenters. The van der Waals surface area contributed by atoms with Crippen LogP contribution in [0.15, 0.2) is 0 Å². The van der Waals surface area contributed by atoms with Gasteiger partial charge in [-0.15, -0.1) is 0 Å². The number of rotatable bonds is 16. The molecule has 2 fully saturated rings. The van der Waals surface area contributed by atoms with Gasteiger partial charge in [0.2, 0.25) is 11.9 Å². The normalized spacial score (nSPS) is 16.1. The van der Waals surface area contributed by atoms with Crippen LogP contribution in [0.1, 0.15) is 38.5 Å². The standard InChI is InChI=1S/C28H48N8O4/c1-37-19-15-35(16-20-38-2)27-29-23-24(25(31-27)33-11-7-5-8-12-33)30-28(36(17-21-39-3)18-22-40-4)32-26(23)34-13-9-6-10-14-34/h5-22H2,1-4H3. The minimum Gasteiger partial charge on any atom is -0.383 e. The van der Waals surface area contributed by atoms with Crippen molar-refractivity contribution < 1.29 is 18.9 Å². The maximum atomic E-state index is 5.43. The van der Waals surface area contributed by atoms with E-state index in [0.717, 1.165) is 74.5 Å². The second kappa shape index (κ2) is 16.0. The first-order chi connectivity index (χ1) is 19.7. The van der Waals surface area contributed by atoms with Crippen molar-refractivity contribution in [2.24, 2.45) is 0 Å². The average molecular weight is 561 g/mol. The first kappa shape index (κ1) is 30.4. The molecule has 0 amide bonds. The molecule has 0 atom stereocenters. The molecular weight excluding hydrogens is 512 g/mol. The zero-order valence-corrected chi connectivity index (χ0v) is 24.9. The minimum atomic E-state index is 0.576. The maximum absolute atomic E-state index is 5.43. The Bertz CT molecular complexity index is 936. The molecule has 0 spiro atoms. The Labute approximate surface area is 239 Å². The van der Waals surface area contributed by atoms with Crippen LogP contribution in [0.25, 0.3) is 11.0 Å². The van der Waals surface area contributed by atoms with Gasteiger partial charge in [-0.1, -0.05) is 0 Å². The Hall–Kier alpha value is -2.54. The third-order valence-electron chi connectivity index (χ3n) is 7.62. The zero-order valence-electron chi connectivity index (χ0n) is 24.9. The molecule has 2 saturated heterocycles. The lowest BCUT2D eigenvalue weighted by molar-refractivity contribution is 0.189. The molecule has 0 radical (unpaired) electrons. The van der Waals surface area contributed by atoms with E-state index in [2.05, 4.69) is 19.6 Å². The number of ether oxygens (including phenoxy) is 4. The van der Waals surface area contributed by atoms with Crippen LogP contribution in [0.3, 0.4) is 0 Å². The summed E-state index contributed by atoms with van der Waals surface area (Å²) >= 11 is 0. The van der Waals surface area contributed by atoms with Gasteiger partial charge >= 0.3 is 0 Å². The van der Waals surface area contributed by atoms with Crippen LogP contribution in [0, 0.1) is 0 Å². The van der Waals surface area contributed by atoms with E-state index in [9.17, 15) is 0 Å². The molecule has 0 aliphatic carbocycles. The molecule has 2 aromatic rings. The molecule has 224 valence electrons. The van der Waals surface area contributed by atoms with E-state index in [1.165, 1.54) is 12.8 Å². The number of hydrogen-bond donors (Lipinski definition) is 0. The third kappa shape index (κ3) is 7.80. The highest BCUT2D eigenvalue weighted by Crippen LogP contribution is 2.34. The Balaban J connectivity index is 1.90. The number of piperidine rings is 2. The average Bonchev–Trinajstić information content (AvgIpc) is 3.01. The molecular formula is C28H48N8O4. The zero-order chi connectivity index (χ0) is 28.2. The van der Waals surface area contributed by atoms with Gasteiger partial charge in [0.05, 0.1) is 26.4 Å². The number of aromatic nitrogens is 4. The smallest absolute Gasteiger partial charge is 0.228 e. The second-order valence-electron chi connectivity index (χ2n) is 10.4.